The first-order valence-electron chi connectivity index (χ1n) is 8.09. The zero-order valence-corrected chi connectivity index (χ0v) is 14.6. The highest BCUT2D eigenvalue weighted by Gasteiger charge is 2.25. The van der Waals surface area contributed by atoms with E-state index in [1.54, 1.807) is 0 Å². The van der Waals surface area contributed by atoms with Crippen molar-refractivity contribution < 1.29 is 9.90 Å². The van der Waals surface area contributed by atoms with E-state index in [1.165, 1.54) is 0 Å². The highest BCUT2D eigenvalue weighted by Crippen LogP contribution is 2.11. The minimum Gasteiger partial charge on any atom is -0.392 e. The van der Waals surface area contributed by atoms with Crippen molar-refractivity contribution in [3.63, 3.8) is 0 Å². The number of carbonyl (C=O) groups excluding carboxylic acids is 1. The van der Waals surface area contributed by atoms with Gasteiger partial charge in [0.05, 0.1) is 12.6 Å². The Balaban J connectivity index is 1.74. The second kappa shape index (κ2) is 8.64. The fraction of sp³-hybridized carbons (Fsp3) is 0.588. The van der Waals surface area contributed by atoms with E-state index < -0.39 is 0 Å². The predicted octanol–water partition coefficient (Wildman–Crippen LogP) is 1.34. The molecule has 0 saturated carbocycles. The Hall–Kier alpha value is -1.14. The van der Waals surface area contributed by atoms with Crippen LogP contribution < -0.4 is 5.32 Å². The molecular weight excluding hydrogens is 314 g/mol. The van der Waals surface area contributed by atoms with Crippen molar-refractivity contribution in [2.24, 2.45) is 0 Å². The van der Waals surface area contributed by atoms with Gasteiger partial charge in [-0.15, -0.1) is 0 Å². The van der Waals surface area contributed by atoms with Crippen molar-refractivity contribution in [1.29, 1.82) is 0 Å². The SMILES string of the molecule is C[C@H](O)CN1CCN(CC(=O)NCc2cccc(Cl)c2)C[C@@H]1C. The van der Waals surface area contributed by atoms with Gasteiger partial charge in [-0.1, -0.05) is 23.7 Å². The zero-order valence-electron chi connectivity index (χ0n) is 13.8. The van der Waals surface area contributed by atoms with E-state index in [2.05, 4.69) is 22.0 Å². The Kier molecular flexibility index (Phi) is 6.84. The lowest BCUT2D eigenvalue weighted by Crippen LogP contribution is -2.55. The number of carbonyl (C=O) groups is 1. The van der Waals surface area contributed by atoms with Gasteiger partial charge in [0, 0.05) is 43.8 Å². The maximum Gasteiger partial charge on any atom is 0.234 e. The number of hydrogen-bond donors (Lipinski definition) is 2. The molecule has 1 saturated heterocycles. The number of β-amino-alcohol motifs (C(OH)–C–C–N with tert-alkyl or cyclic N) is 1. The highest BCUT2D eigenvalue weighted by atomic mass is 35.5. The largest absolute Gasteiger partial charge is 0.392 e. The number of hydrogen-bond acceptors (Lipinski definition) is 4. The summed E-state index contributed by atoms with van der Waals surface area (Å²) in [5, 5.41) is 13.1. The molecule has 0 aliphatic carbocycles. The quantitative estimate of drug-likeness (QED) is 0.821. The third kappa shape index (κ3) is 6.11. The summed E-state index contributed by atoms with van der Waals surface area (Å²) in [6.45, 7) is 8.12. The minimum atomic E-state index is -0.315. The van der Waals surface area contributed by atoms with Gasteiger partial charge in [-0.05, 0) is 31.5 Å². The molecule has 0 aromatic heterocycles. The normalized spacial score (nSPS) is 21.1. The summed E-state index contributed by atoms with van der Waals surface area (Å²) in [6, 6.07) is 7.86. The second-order valence-electron chi connectivity index (χ2n) is 6.33. The molecule has 0 bridgehead atoms. The van der Waals surface area contributed by atoms with Gasteiger partial charge in [0.2, 0.25) is 5.91 Å². The van der Waals surface area contributed by atoms with Crippen LogP contribution in [0.4, 0.5) is 0 Å². The molecule has 0 spiro atoms. The molecule has 6 heteroatoms. The predicted molar refractivity (Wildman–Crippen MR) is 92.5 cm³/mol. The van der Waals surface area contributed by atoms with E-state index in [4.69, 9.17) is 11.6 Å². The van der Waals surface area contributed by atoms with E-state index in [0.29, 0.717) is 30.7 Å². The monoisotopic (exact) mass is 339 g/mol. The molecule has 1 fully saturated rings. The van der Waals surface area contributed by atoms with Crippen LogP contribution in [0.25, 0.3) is 0 Å². The van der Waals surface area contributed by atoms with E-state index in [9.17, 15) is 9.90 Å². The number of piperazine rings is 1. The Labute approximate surface area is 143 Å². The van der Waals surface area contributed by atoms with E-state index >= 15 is 0 Å². The van der Waals surface area contributed by atoms with Gasteiger partial charge in [0.25, 0.3) is 0 Å². The Morgan fingerprint density at radius 1 is 1.48 bits per heavy atom. The molecule has 1 aromatic carbocycles. The lowest BCUT2D eigenvalue weighted by Gasteiger charge is -2.40. The topological polar surface area (TPSA) is 55.8 Å². The fourth-order valence-electron chi connectivity index (χ4n) is 2.93. The van der Waals surface area contributed by atoms with Crippen LogP contribution in [-0.2, 0) is 11.3 Å². The molecule has 5 nitrogen and oxygen atoms in total. The first kappa shape index (κ1) is 18.2. The average Bonchev–Trinajstić information content (AvgIpc) is 2.48. The van der Waals surface area contributed by atoms with E-state index in [1.807, 2.05) is 31.2 Å². The molecule has 2 N–H and O–H groups in total. The van der Waals surface area contributed by atoms with Crippen molar-refractivity contribution in [2.45, 2.75) is 32.5 Å². The lowest BCUT2D eigenvalue weighted by molar-refractivity contribution is -0.123. The van der Waals surface area contributed by atoms with Crippen molar-refractivity contribution in [1.82, 2.24) is 15.1 Å². The molecule has 2 atom stereocenters. The van der Waals surface area contributed by atoms with Gasteiger partial charge in [-0.2, -0.15) is 0 Å². The van der Waals surface area contributed by atoms with Crippen molar-refractivity contribution in [2.75, 3.05) is 32.7 Å². The maximum absolute atomic E-state index is 12.1. The summed E-state index contributed by atoms with van der Waals surface area (Å²) in [5.74, 6) is 0.0288. The average molecular weight is 340 g/mol. The van der Waals surface area contributed by atoms with Gasteiger partial charge in [0.15, 0.2) is 0 Å². The van der Waals surface area contributed by atoms with Crippen LogP contribution in [0.2, 0.25) is 5.02 Å². The first-order valence-corrected chi connectivity index (χ1v) is 8.47. The van der Waals surface area contributed by atoms with Crippen LogP contribution in [0.1, 0.15) is 19.4 Å². The maximum atomic E-state index is 12.1. The molecule has 0 unspecified atom stereocenters. The second-order valence-corrected chi connectivity index (χ2v) is 6.77. The lowest BCUT2D eigenvalue weighted by atomic mass is 10.1. The number of halogens is 1. The summed E-state index contributed by atoms with van der Waals surface area (Å²) in [7, 11) is 0. The third-order valence-electron chi connectivity index (χ3n) is 4.09. The van der Waals surface area contributed by atoms with Gasteiger partial charge in [0.1, 0.15) is 0 Å². The molecule has 2 rings (SSSR count). The standard InChI is InChI=1S/C17H26ClN3O2/c1-13-10-20(6-7-21(13)11-14(2)22)12-17(23)19-9-15-4-3-5-16(18)8-15/h3-5,8,13-14,22H,6-7,9-12H2,1-2H3,(H,19,23)/t13-,14-/m0/s1. The number of nitrogens with one attached hydrogen (secondary N) is 1. The van der Waals surface area contributed by atoms with Crippen LogP contribution in [0.5, 0.6) is 0 Å². The molecule has 1 amide bonds. The first-order chi connectivity index (χ1) is 10.9. The highest BCUT2D eigenvalue weighted by molar-refractivity contribution is 6.30. The molecule has 1 aromatic rings. The van der Waals surface area contributed by atoms with Gasteiger partial charge in [-0.25, -0.2) is 0 Å². The molecule has 128 valence electrons. The summed E-state index contributed by atoms with van der Waals surface area (Å²) < 4.78 is 0. The Morgan fingerprint density at radius 3 is 2.91 bits per heavy atom. The van der Waals surface area contributed by atoms with Crippen molar-refractivity contribution >= 4 is 17.5 Å². The molecular formula is C17H26ClN3O2. The smallest absolute Gasteiger partial charge is 0.234 e. The fourth-order valence-corrected chi connectivity index (χ4v) is 3.14. The van der Waals surface area contributed by atoms with Crippen LogP contribution in [0.15, 0.2) is 24.3 Å². The molecule has 0 radical (unpaired) electrons. The number of amides is 1. The van der Waals surface area contributed by atoms with Crippen LogP contribution >= 0.6 is 11.6 Å². The minimum absolute atomic E-state index is 0.0288. The number of aliphatic hydroxyl groups is 1. The summed E-state index contributed by atoms with van der Waals surface area (Å²) in [5.41, 5.74) is 1.00. The van der Waals surface area contributed by atoms with Gasteiger partial charge >= 0.3 is 0 Å². The number of benzene rings is 1. The number of nitrogens with zero attached hydrogens (tertiary/aromatic N) is 2. The van der Waals surface area contributed by atoms with E-state index in [-0.39, 0.29) is 12.0 Å². The molecule has 1 aliphatic rings. The number of rotatable bonds is 6. The van der Waals surface area contributed by atoms with Crippen LogP contribution in [-0.4, -0.2) is 65.7 Å². The van der Waals surface area contributed by atoms with Crippen molar-refractivity contribution in [3.05, 3.63) is 34.9 Å². The van der Waals surface area contributed by atoms with Gasteiger partial charge < -0.3 is 10.4 Å². The zero-order chi connectivity index (χ0) is 16.8. The number of aliphatic hydroxyl groups excluding tert-OH is 1. The van der Waals surface area contributed by atoms with Crippen molar-refractivity contribution in [3.8, 4) is 0 Å². The Morgan fingerprint density at radius 2 is 2.26 bits per heavy atom. The summed E-state index contributed by atoms with van der Waals surface area (Å²) >= 11 is 5.94. The van der Waals surface area contributed by atoms with Gasteiger partial charge in [-0.3, -0.25) is 14.6 Å². The summed E-state index contributed by atoms with van der Waals surface area (Å²) in [6.07, 6.45) is -0.315. The van der Waals surface area contributed by atoms with E-state index in [0.717, 1.165) is 25.2 Å². The molecule has 1 aliphatic heterocycles. The molecule has 23 heavy (non-hydrogen) atoms. The molecule has 1 heterocycles. The third-order valence-corrected chi connectivity index (χ3v) is 4.33. The summed E-state index contributed by atoms with van der Waals surface area (Å²) in [4.78, 5) is 16.5. The van der Waals surface area contributed by atoms with Crippen LogP contribution in [0.3, 0.4) is 0 Å². The Bertz CT molecular complexity index is 524. The van der Waals surface area contributed by atoms with Crippen LogP contribution in [0, 0.1) is 0 Å².